The predicted octanol–water partition coefficient (Wildman–Crippen LogP) is 3.24. The Hall–Kier alpha value is -1.39. The zero-order valence-electron chi connectivity index (χ0n) is 11.3. The van der Waals surface area contributed by atoms with Crippen LogP contribution in [0.3, 0.4) is 0 Å². The first kappa shape index (κ1) is 13.6. The maximum absolute atomic E-state index is 6.32. The summed E-state index contributed by atoms with van der Waals surface area (Å²) in [6.07, 6.45) is 5.64. The van der Waals surface area contributed by atoms with Crippen molar-refractivity contribution < 1.29 is 4.52 Å². The average Bonchev–Trinajstić information content (AvgIpc) is 3.08. The summed E-state index contributed by atoms with van der Waals surface area (Å²) < 4.78 is 5.32. The highest BCUT2D eigenvalue weighted by Crippen LogP contribution is 2.34. The molecule has 2 aromatic rings. The van der Waals surface area contributed by atoms with Crippen LogP contribution in [0.25, 0.3) is 0 Å². The minimum absolute atomic E-state index is 0.383. The molecule has 0 bridgehead atoms. The third kappa shape index (κ3) is 2.72. The van der Waals surface area contributed by atoms with Crippen molar-refractivity contribution in [3.63, 3.8) is 0 Å². The van der Waals surface area contributed by atoms with Gasteiger partial charge in [0.1, 0.15) is 0 Å². The lowest BCUT2D eigenvalue weighted by molar-refractivity contribution is 0.348. The fourth-order valence-corrected chi connectivity index (χ4v) is 2.96. The maximum atomic E-state index is 6.32. The van der Waals surface area contributed by atoms with E-state index < -0.39 is 0 Å². The van der Waals surface area contributed by atoms with Gasteiger partial charge in [-0.3, -0.25) is 0 Å². The van der Waals surface area contributed by atoms with E-state index in [0.29, 0.717) is 18.1 Å². The average molecular weight is 292 g/mol. The zero-order chi connectivity index (χ0) is 14.0. The molecule has 1 aromatic carbocycles. The van der Waals surface area contributed by atoms with E-state index in [1.807, 2.05) is 24.3 Å². The number of halogens is 1. The summed E-state index contributed by atoms with van der Waals surface area (Å²) in [6, 6.07) is 7.81. The second kappa shape index (κ2) is 5.54. The number of hydrogen-bond donors (Lipinski definition) is 1. The molecule has 1 aliphatic rings. The Kier molecular flexibility index (Phi) is 3.76. The molecule has 0 radical (unpaired) electrons. The standard InChI is InChI=1S/C15H18ClN3O/c16-12-6-2-1-5-11(12)7-8-13-18-14(19-20-13)15(17)9-3-4-10-15/h1-2,5-6H,3-4,7-10,17H2. The van der Waals surface area contributed by atoms with E-state index in [4.69, 9.17) is 21.9 Å². The SMILES string of the molecule is NC1(c2noc(CCc3ccccc3Cl)n2)CCCC1. The van der Waals surface area contributed by atoms with Crippen LogP contribution in [-0.2, 0) is 18.4 Å². The predicted molar refractivity (Wildman–Crippen MR) is 77.5 cm³/mol. The number of nitrogens with two attached hydrogens (primary N) is 1. The summed E-state index contributed by atoms with van der Waals surface area (Å²) in [5.41, 5.74) is 7.03. The first-order chi connectivity index (χ1) is 9.67. The van der Waals surface area contributed by atoms with E-state index in [1.165, 1.54) is 0 Å². The summed E-state index contributed by atoms with van der Waals surface area (Å²) >= 11 is 6.13. The van der Waals surface area contributed by atoms with Crippen LogP contribution >= 0.6 is 11.6 Å². The molecule has 1 heterocycles. The van der Waals surface area contributed by atoms with Gasteiger partial charge in [0, 0.05) is 11.4 Å². The minimum Gasteiger partial charge on any atom is -0.339 e. The molecule has 5 heteroatoms. The molecular formula is C15H18ClN3O. The molecule has 0 spiro atoms. The minimum atomic E-state index is -0.383. The van der Waals surface area contributed by atoms with E-state index >= 15 is 0 Å². The van der Waals surface area contributed by atoms with Crippen molar-refractivity contribution in [3.05, 3.63) is 46.6 Å². The number of aromatic nitrogens is 2. The van der Waals surface area contributed by atoms with Crippen molar-refractivity contribution in [2.45, 2.75) is 44.1 Å². The van der Waals surface area contributed by atoms with Gasteiger partial charge in [0.05, 0.1) is 5.54 Å². The van der Waals surface area contributed by atoms with E-state index in [2.05, 4.69) is 10.1 Å². The van der Waals surface area contributed by atoms with E-state index in [9.17, 15) is 0 Å². The van der Waals surface area contributed by atoms with Gasteiger partial charge in [0.15, 0.2) is 5.82 Å². The smallest absolute Gasteiger partial charge is 0.227 e. The van der Waals surface area contributed by atoms with Gasteiger partial charge >= 0.3 is 0 Å². The van der Waals surface area contributed by atoms with Crippen molar-refractivity contribution in [3.8, 4) is 0 Å². The highest BCUT2D eigenvalue weighted by Gasteiger charge is 2.35. The largest absolute Gasteiger partial charge is 0.339 e. The van der Waals surface area contributed by atoms with Gasteiger partial charge in [-0.25, -0.2) is 0 Å². The second-order valence-electron chi connectivity index (χ2n) is 5.47. The van der Waals surface area contributed by atoms with Crippen molar-refractivity contribution in [1.82, 2.24) is 10.1 Å². The van der Waals surface area contributed by atoms with Crippen LogP contribution in [0.4, 0.5) is 0 Å². The van der Waals surface area contributed by atoms with Crippen LogP contribution in [-0.4, -0.2) is 10.1 Å². The summed E-state index contributed by atoms with van der Waals surface area (Å²) in [6.45, 7) is 0. The molecule has 0 unspecified atom stereocenters. The zero-order valence-corrected chi connectivity index (χ0v) is 12.1. The number of nitrogens with zero attached hydrogens (tertiary/aromatic N) is 2. The van der Waals surface area contributed by atoms with E-state index in [1.54, 1.807) is 0 Å². The Balaban J connectivity index is 1.67. The van der Waals surface area contributed by atoms with Gasteiger partial charge in [-0.15, -0.1) is 0 Å². The number of benzene rings is 1. The summed E-state index contributed by atoms with van der Waals surface area (Å²) in [5.74, 6) is 1.29. The lowest BCUT2D eigenvalue weighted by Gasteiger charge is -2.17. The van der Waals surface area contributed by atoms with Crippen molar-refractivity contribution in [2.75, 3.05) is 0 Å². The quantitative estimate of drug-likeness (QED) is 0.939. The first-order valence-electron chi connectivity index (χ1n) is 7.03. The second-order valence-corrected chi connectivity index (χ2v) is 5.87. The summed E-state index contributed by atoms with van der Waals surface area (Å²) in [7, 11) is 0. The van der Waals surface area contributed by atoms with Gasteiger partial charge in [-0.1, -0.05) is 47.8 Å². The summed E-state index contributed by atoms with van der Waals surface area (Å²) in [5, 5.41) is 4.84. The highest BCUT2D eigenvalue weighted by atomic mass is 35.5. The molecule has 4 nitrogen and oxygen atoms in total. The molecule has 1 fully saturated rings. The van der Waals surface area contributed by atoms with Crippen molar-refractivity contribution >= 4 is 11.6 Å². The molecular weight excluding hydrogens is 274 g/mol. The molecule has 1 saturated carbocycles. The molecule has 0 atom stereocenters. The molecule has 0 saturated heterocycles. The highest BCUT2D eigenvalue weighted by molar-refractivity contribution is 6.31. The van der Waals surface area contributed by atoms with Gasteiger partial charge in [0.2, 0.25) is 5.89 Å². The fraction of sp³-hybridized carbons (Fsp3) is 0.467. The van der Waals surface area contributed by atoms with Crippen LogP contribution in [0.5, 0.6) is 0 Å². The van der Waals surface area contributed by atoms with Crippen LogP contribution in [0, 0.1) is 0 Å². The van der Waals surface area contributed by atoms with E-state index in [0.717, 1.165) is 42.7 Å². The van der Waals surface area contributed by atoms with Gasteiger partial charge in [0.25, 0.3) is 0 Å². The Morgan fingerprint density at radius 1 is 1.20 bits per heavy atom. The molecule has 1 aromatic heterocycles. The Bertz CT molecular complexity index is 590. The monoisotopic (exact) mass is 291 g/mol. The third-order valence-electron chi connectivity index (χ3n) is 3.98. The number of rotatable bonds is 4. The van der Waals surface area contributed by atoms with Crippen LogP contribution in [0.1, 0.15) is 43.0 Å². The lowest BCUT2D eigenvalue weighted by Crippen LogP contribution is -2.34. The molecule has 1 aliphatic carbocycles. The first-order valence-corrected chi connectivity index (χ1v) is 7.40. The van der Waals surface area contributed by atoms with E-state index in [-0.39, 0.29) is 5.54 Å². The Morgan fingerprint density at radius 2 is 1.95 bits per heavy atom. The molecule has 3 rings (SSSR count). The number of hydrogen-bond acceptors (Lipinski definition) is 4. The normalized spacial score (nSPS) is 17.5. The van der Waals surface area contributed by atoms with Crippen LogP contribution in [0.15, 0.2) is 28.8 Å². The molecule has 20 heavy (non-hydrogen) atoms. The summed E-state index contributed by atoms with van der Waals surface area (Å²) in [4.78, 5) is 4.46. The third-order valence-corrected chi connectivity index (χ3v) is 4.34. The molecule has 106 valence electrons. The van der Waals surface area contributed by atoms with Gasteiger partial charge < -0.3 is 10.3 Å². The van der Waals surface area contributed by atoms with Gasteiger partial charge in [-0.05, 0) is 30.9 Å². The lowest BCUT2D eigenvalue weighted by atomic mass is 9.99. The molecule has 0 amide bonds. The van der Waals surface area contributed by atoms with Crippen molar-refractivity contribution in [2.24, 2.45) is 5.73 Å². The van der Waals surface area contributed by atoms with Crippen LogP contribution in [0.2, 0.25) is 5.02 Å². The van der Waals surface area contributed by atoms with Gasteiger partial charge in [-0.2, -0.15) is 4.98 Å². The number of aryl methyl sites for hydroxylation is 2. The van der Waals surface area contributed by atoms with Crippen molar-refractivity contribution in [1.29, 1.82) is 0 Å². The topological polar surface area (TPSA) is 64.9 Å². The molecule has 2 N–H and O–H groups in total. The fourth-order valence-electron chi connectivity index (χ4n) is 2.73. The van der Waals surface area contributed by atoms with Crippen LogP contribution < -0.4 is 5.73 Å². The maximum Gasteiger partial charge on any atom is 0.227 e. The Morgan fingerprint density at radius 3 is 2.70 bits per heavy atom. The Labute approximate surface area is 123 Å². The molecule has 0 aliphatic heterocycles.